The average Bonchev–Trinajstić information content (AvgIpc) is 2.54. The molecule has 2 heterocycles. The maximum absolute atomic E-state index is 9.97. The fraction of sp³-hybridized carbons (Fsp3) is 0.385. The van der Waals surface area contributed by atoms with E-state index < -0.39 is 0 Å². The van der Waals surface area contributed by atoms with E-state index in [-0.39, 0.29) is 0 Å². The SMILES string of the molecule is CN1CCc2sc3cccc(O)c3c2CC1. The predicted molar refractivity (Wildman–Crippen MR) is 68.4 cm³/mol. The molecule has 0 unspecified atom stereocenters. The van der Waals surface area contributed by atoms with Crippen LogP contribution in [0.5, 0.6) is 5.75 Å². The van der Waals surface area contributed by atoms with E-state index in [1.807, 2.05) is 17.4 Å². The van der Waals surface area contributed by atoms with Crippen molar-refractivity contribution in [2.45, 2.75) is 12.8 Å². The van der Waals surface area contributed by atoms with Gasteiger partial charge in [0.25, 0.3) is 0 Å². The average molecular weight is 233 g/mol. The Bertz CT molecular complexity index is 532. The van der Waals surface area contributed by atoms with E-state index in [0.29, 0.717) is 5.75 Å². The zero-order valence-electron chi connectivity index (χ0n) is 9.36. The smallest absolute Gasteiger partial charge is 0.124 e. The van der Waals surface area contributed by atoms with Crippen LogP contribution in [0.4, 0.5) is 0 Å². The van der Waals surface area contributed by atoms with Crippen LogP contribution in [0.2, 0.25) is 0 Å². The minimum atomic E-state index is 0.444. The number of hydrogen-bond acceptors (Lipinski definition) is 3. The number of thiophene rings is 1. The van der Waals surface area contributed by atoms with Gasteiger partial charge in [-0.3, -0.25) is 0 Å². The van der Waals surface area contributed by atoms with Crippen LogP contribution in [-0.4, -0.2) is 30.1 Å². The van der Waals surface area contributed by atoms with Gasteiger partial charge in [0, 0.05) is 28.1 Å². The number of fused-ring (bicyclic) bond motifs is 3. The number of rotatable bonds is 0. The first-order chi connectivity index (χ1) is 7.75. The number of aromatic hydroxyl groups is 1. The summed E-state index contributed by atoms with van der Waals surface area (Å²) in [4.78, 5) is 3.82. The third kappa shape index (κ3) is 1.51. The maximum Gasteiger partial charge on any atom is 0.124 e. The Morgan fingerprint density at radius 1 is 1.25 bits per heavy atom. The molecule has 0 amide bonds. The second kappa shape index (κ2) is 3.75. The molecule has 3 rings (SSSR count). The van der Waals surface area contributed by atoms with E-state index in [1.54, 1.807) is 6.07 Å². The fourth-order valence-electron chi connectivity index (χ4n) is 2.41. The molecule has 1 aliphatic heterocycles. The van der Waals surface area contributed by atoms with Crippen LogP contribution >= 0.6 is 11.3 Å². The van der Waals surface area contributed by atoms with E-state index in [2.05, 4.69) is 18.0 Å². The summed E-state index contributed by atoms with van der Waals surface area (Å²) in [5.41, 5.74) is 1.38. The molecular weight excluding hydrogens is 218 g/mol. The van der Waals surface area contributed by atoms with Crippen LogP contribution in [0.25, 0.3) is 10.1 Å². The van der Waals surface area contributed by atoms with Gasteiger partial charge < -0.3 is 10.0 Å². The molecule has 3 heteroatoms. The second-order valence-corrected chi connectivity index (χ2v) is 5.59. The Morgan fingerprint density at radius 3 is 2.94 bits per heavy atom. The number of benzene rings is 1. The molecule has 0 saturated carbocycles. The molecular formula is C13H15NOS. The van der Waals surface area contributed by atoms with Crippen molar-refractivity contribution in [3.05, 3.63) is 28.6 Å². The zero-order valence-corrected chi connectivity index (χ0v) is 10.2. The van der Waals surface area contributed by atoms with Gasteiger partial charge in [-0.15, -0.1) is 11.3 Å². The van der Waals surface area contributed by atoms with E-state index in [0.717, 1.165) is 31.3 Å². The maximum atomic E-state index is 9.97. The summed E-state index contributed by atoms with van der Waals surface area (Å²) >= 11 is 1.84. The van der Waals surface area contributed by atoms with Crippen molar-refractivity contribution in [2.24, 2.45) is 0 Å². The van der Waals surface area contributed by atoms with Crippen molar-refractivity contribution >= 4 is 21.4 Å². The Labute approximate surface area is 99.1 Å². The number of phenols is 1. The molecule has 1 N–H and O–H groups in total. The molecule has 0 radical (unpaired) electrons. The molecule has 84 valence electrons. The number of likely N-dealkylation sites (N-methyl/N-ethyl adjacent to an activating group) is 1. The summed E-state index contributed by atoms with van der Waals surface area (Å²) in [5.74, 6) is 0.444. The molecule has 0 atom stereocenters. The van der Waals surface area contributed by atoms with Crippen molar-refractivity contribution in [2.75, 3.05) is 20.1 Å². The van der Waals surface area contributed by atoms with Gasteiger partial charge in [0.1, 0.15) is 5.75 Å². The summed E-state index contributed by atoms with van der Waals surface area (Å²) in [6, 6.07) is 5.83. The summed E-state index contributed by atoms with van der Waals surface area (Å²) in [6.45, 7) is 2.22. The third-order valence-electron chi connectivity index (χ3n) is 3.34. The standard InChI is InChI=1S/C13H15NOS/c1-14-7-5-9-11(6-8-14)16-12-4-2-3-10(15)13(9)12/h2-4,15H,5-8H2,1H3. The third-order valence-corrected chi connectivity index (χ3v) is 4.60. The Morgan fingerprint density at radius 2 is 2.06 bits per heavy atom. The van der Waals surface area contributed by atoms with Crippen molar-refractivity contribution in [1.82, 2.24) is 4.90 Å². The molecule has 1 aliphatic rings. The van der Waals surface area contributed by atoms with Gasteiger partial charge in [0.15, 0.2) is 0 Å². The van der Waals surface area contributed by atoms with Crippen molar-refractivity contribution < 1.29 is 5.11 Å². The highest BCUT2D eigenvalue weighted by atomic mass is 32.1. The lowest BCUT2D eigenvalue weighted by atomic mass is 10.1. The summed E-state index contributed by atoms with van der Waals surface area (Å²) in [5, 5.41) is 11.1. The molecule has 0 bridgehead atoms. The van der Waals surface area contributed by atoms with E-state index in [4.69, 9.17) is 0 Å². The first kappa shape index (κ1) is 10.1. The second-order valence-electron chi connectivity index (χ2n) is 4.46. The van der Waals surface area contributed by atoms with Crippen molar-refractivity contribution in [3.8, 4) is 5.75 Å². The Balaban J connectivity index is 2.20. The van der Waals surface area contributed by atoms with Crippen molar-refractivity contribution in [1.29, 1.82) is 0 Å². The highest BCUT2D eigenvalue weighted by molar-refractivity contribution is 7.19. The highest BCUT2D eigenvalue weighted by Gasteiger charge is 2.18. The Kier molecular flexibility index (Phi) is 2.37. The number of hydrogen-bond donors (Lipinski definition) is 1. The molecule has 0 spiro atoms. The lowest BCUT2D eigenvalue weighted by Gasteiger charge is -2.11. The van der Waals surface area contributed by atoms with Crippen LogP contribution in [0, 0.1) is 0 Å². The minimum absolute atomic E-state index is 0.444. The van der Waals surface area contributed by atoms with Crippen LogP contribution in [0.15, 0.2) is 18.2 Å². The topological polar surface area (TPSA) is 23.5 Å². The van der Waals surface area contributed by atoms with E-state index in [1.165, 1.54) is 15.1 Å². The first-order valence-corrected chi connectivity index (χ1v) is 6.48. The summed E-state index contributed by atoms with van der Waals surface area (Å²) in [7, 11) is 2.17. The predicted octanol–water partition coefficient (Wildman–Crippen LogP) is 2.64. The number of nitrogens with zero attached hydrogens (tertiary/aromatic N) is 1. The van der Waals surface area contributed by atoms with Gasteiger partial charge in [-0.1, -0.05) is 6.07 Å². The zero-order chi connectivity index (χ0) is 11.1. The fourth-order valence-corrected chi connectivity index (χ4v) is 3.68. The quantitative estimate of drug-likeness (QED) is 0.756. The normalized spacial score (nSPS) is 17.3. The lowest BCUT2D eigenvalue weighted by molar-refractivity contribution is 0.353. The van der Waals surface area contributed by atoms with Crippen molar-refractivity contribution in [3.63, 3.8) is 0 Å². The van der Waals surface area contributed by atoms with Gasteiger partial charge in [-0.25, -0.2) is 0 Å². The van der Waals surface area contributed by atoms with Crippen LogP contribution < -0.4 is 0 Å². The van der Waals surface area contributed by atoms with Crippen LogP contribution in [-0.2, 0) is 12.8 Å². The van der Waals surface area contributed by atoms with Gasteiger partial charge in [0.05, 0.1) is 0 Å². The minimum Gasteiger partial charge on any atom is -0.507 e. The molecule has 2 aromatic rings. The van der Waals surface area contributed by atoms with Gasteiger partial charge in [-0.2, -0.15) is 0 Å². The van der Waals surface area contributed by atoms with Crippen LogP contribution in [0.1, 0.15) is 10.4 Å². The number of phenolic OH excluding ortho intramolecular Hbond substituents is 1. The van der Waals surface area contributed by atoms with Crippen LogP contribution in [0.3, 0.4) is 0 Å². The van der Waals surface area contributed by atoms with E-state index >= 15 is 0 Å². The van der Waals surface area contributed by atoms with Gasteiger partial charge in [-0.05, 0) is 37.6 Å². The highest BCUT2D eigenvalue weighted by Crippen LogP contribution is 2.38. The largest absolute Gasteiger partial charge is 0.507 e. The van der Waals surface area contributed by atoms with Gasteiger partial charge in [0.2, 0.25) is 0 Å². The summed E-state index contributed by atoms with van der Waals surface area (Å²) in [6.07, 6.45) is 2.17. The molecule has 16 heavy (non-hydrogen) atoms. The molecule has 0 aliphatic carbocycles. The molecule has 0 saturated heterocycles. The monoisotopic (exact) mass is 233 g/mol. The van der Waals surface area contributed by atoms with E-state index in [9.17, 15) is 5.11 Å². The first-order valence-electron chi connectivity index (χ1n) is 5.66. The van der Waals surface area contributed by atoms with Gasteiger partial charge >= 0.3 is 0 Å². The summed E-state index contributed by atoms with van der Waals surface area (Å²) < 4.78 is 1.23. The molecule has 1 aromatic carbocycles. The lowest BCUT2D eigenvalue weighted by Crippen LogP contribution is -2.20. The molecule has 0 fully saturated rings. The molecule has 1 aromatic heterocycles. The Hall–Kier alpha value is -1.06. The molecule has 2 nitrogen and oxygen atoms in total.